The Morgan fingerprint density at radius 1 is 1.47 bits per heavy atom. The van der Waals surface area contributed by atoms with Gasteiger partial charge in [-0.1, -0.05) is 18.2 Å². The Balaban J connectivity index is 2.80. The van der Waals surface area contributed by atoms with Gasteiger partial charge < -0.3 is 15.2 Å². The number of carbonyl (C=O) groups is 1. The van der Waals surface area contributed by atoms with Gasteiger partial charge in [0.1, 0.15) is 0 Å². The van der Waals surface area contributed by atoms with Crippen molar-refractivity contribution in [2.75, 3.05) is 19.0 Å². The average molecular weight is 209 g/mol. The quantitative estimate of drug-likeness (QED) is 0.773. The normalized spacial score (nSPS) is 14.3. The summed E-state index contributed by atoms with van der Waals surface area (Å²) >= 11 is 0. The highest BCUT2D eigenvalue weighted by atomic mass is 16.5. The molecule has 0 aliphatic rings. The topological polar surface area (TPSA) is 58.6 Å². The third-order valence-electron chi connectivity index (χ3n) is 2.10. The molecular formula is C11H15NO3. The summed E-state index contributed by atoms with van der Waals surface area (Å²) in [6.07, 6.45) is 0. The van der Waals surface area contributed by atoms with E-state index < -0.39 is 11.5 Å². The molecule has 1 atom stereocenters. The summed E-state index contributed by atoms with van der Waals surface area (Å²) in [7, 11) is 1.48. The fourth-order valence-corrected chi connectivity index (χ4v) is 1.28. The summed E-state index contributed by atoms with van der Waals surface area (Å²) in [6, 6.07) is 9.20. The van der Waals surface area contributed by atoms with E-state index in [0.717, 1.165) is 5.69 Å². The van der Waals surface area contributed by atoms with E-state index in [1.54, 1.807) is 6.92 Å². The lowest BCUT2D eigenvalue weighted by Crippen LogP contribution is -2.47. The van der Waals surface area contributed by atoms with Gasteiger partial charge in [-0.05, 0) is 19.1 Å². The number of para-hydroxylation sites is 1. The molecule has 1 rings (SSSR count). The molecule has 0 amide bonds. The minimum Gasteiger partial charge on any atom is -0.479 e. The van der Waals surface area contributed by atoms with Crippen LogP contribution >= 0.6 is 0 Å². The summed E-state index contributed by atoms with van der Waals surface area (Å²) in [5, 5.41) is 12.0. The third kappa shape index (κ3) is 2.95. The van der Waals surface area contributed by atoms with Crippen molar-refractivity contribution in [2.45, 2.75) is 12.5 Å². The number of carboxylic acid groups (broad SMARTS) is 1. The van der Waals surface area contributed by atoms with Gasteiger partial charge in [-0.15, -0.1) is 0 Å². The molecule has 0 aliphatic heterocycles. The molecule has 15 heavy (non-hydrogen) atoms. The van der Waals surface area contributed by atoms with Crippen LogP contribution in [0.25, 0.3) is 0 Å². The Morgan fingerprint density at radius 2 is 2.07 bits per heavy atom. The van der Waals surface area contributed by atoms with Crippen LogP contribution in [0.3, 0.4) is 0 Å². The summed E-state index contributed by atoms with van der Waals surface area (Å²) in [4.78, 5) is 11.1. The Morgan fingerprint density at radius 3 is 2.53 bits per heavy atom. The van der Waals surface area contributed by atoms with E-state index in [4.69, 9.17) is 9.84 Å². The van der Waals surface area contributed by atoms with Gasteiger partial charge in [-0.3, -0.25) is 0 Å². The number of rotatable bonds is 5. The fraction of sp³-hybridized carbons (Fsp3) is 0.364. The predicted octanol–water partition coefficient (Wildman–Crippen LogP) is 1.59. The fourth-order valence-electron chi connectivity index (χ4n) is 1.28. The van der Waals surface area contributed by atoms with Gasteiger partial charge in [0.25, 0.3) is 0 Å². The lowest BCUT2D eigenvalue weighted by atomic mass is 10.0. The molecule has 4 nitrogen and oxygen atoms in total. The molecule has 0 saturated heterocycles. The van der Waals surface area contributed by atoms with Crippen LogP contribution in [-0.2, 0) is 9.53 Å². The zero-order chi connectivity index (χ0) is 11.3. The standard InChI is InChI=1S/C11H15NO3/c1-11(8-15-2,10(13)14)12-9-6-4-3-5-7-9/h3-7,12H,8H2,1-2H3,(H,13,14). The number of aliphatic carboxylic acids is 1. The smallest absolute Gasteiger partial charge is 0.331 e. The number of carboxylic acids is 1. The lowest BCUT2D eigenvalue weighted by Gasteiger charge is -2.26. The van der Waals surface area contributed by atoms with E-state index in [0.29, 0.717) is 0 Å². The molecule has 0 aliphatic carbocycles. The van der Waals surface area contributed by atoms with Crippen molar-refractivity contribution in [2.24, 2.45) is 0 Å². The SMILES string of the molecule is COCC(C)(Nc1ccccc1)C(=O)O. The third-order valence-corrected chi connectivity index (χ3v) is 2.10. The molecule has 0 heterocycles. The second-order valence-electron chi connectivity index (χ2n) is 3.56. The van der Waals surface area contributed by atoms with Crippen molar-refractivity contribution < 1.29 is 14.6 Å². The highest BCUT2D eigenvalue weighted by Crippen LogP contribution is 2.15. The molecule has 0 fully saturated rings. The van der Waals surface area contributed by atoms with Crippen molar-refractivity contribution in [3.63, 3.8) is 0 Å². The monoisotopic (exact) mass is 209 g/mol. The molecule has 1 aromatic carbocycles. The van der Waals surface area contributed by atoms with Crippen LogP contribution in [0, 0.1) is 0 Å². The van der Waals surface area contributed by atoms with Crippen molar-refractivity contribution in [3.05, 3.63) is 30.3 Å². The second-order valence-corrected chi connectivity index (χ2v) is 3.56. The van der Waals surface area contributed by atoms with Crippen molar-refractivity contribution >= 4 is 11.7 Å². The largest absolute Gasteiger partial charge is 0.479 e. The summed E-state index contributed by atoms with van der Waals surface area (Å²) in [5.41, 5.74) is -0.338. The van der Waals surface area contributed by atoms with Crippen LogP contribution in [0.1, 0.15) is 6.92 Å². The Kier molecular flexibility index (Phi) is 3.68. The predicted molar refractivity (Wildman–Crippen MR) is 58.0 cm³/mol. The first-order valence-corrected chi connectivity index (χ1v) is 4.64. The van der Waals surface area contributed by atoms with Crippen LogP contribution in [0.5, 0.6) is 0 Å². The van der Waals surface area contributed by atoms with Crippen LogP contribution in [0.2, 0.25) is 0 Å². The molecule has 0 spiro atoms. The molecule has 2 N–H and O–H groups in total. The minimum absolute atomic E-state index is 0.108. The summed E-state index contributed by atoms with van der Waals surface area (Å²) < 4.78 is 4.90. The minimum atomic E-state index is -1.10. The van der Waals surface area contributed by atoms with Gasteiger partial charge in [-0.25, -0.2) is 4.79 Å². The van der Waals surface area contributed by atoms with Gasteiger partial charge in [0.2, 0.25) is 0 Å². The Bertz CT molecular complexity index is 326. The van der Waals surface area contributed by atoms with Gasteiger partial charge in [0.15, 0.2) is 5.54 Å². The molecule has 1 unspecified atom stereocenters. The van der Waals surface area contributed by atoms with Gasteiger partial charge in [0.05, 0.1) is 6.61 Å². The molecule has 0 aromatic heterocycles. The van der Waals surface area contributed by atoms with E-state index in [9.17, 15) is 4.79 Å². The maximum absolute atomic E-state index is 11.1. The molecule has 0 bridgehead atoms. The van der Waals surface area contributed by atoms with E-state index in [2.05, 4.69) is 5.32 Å². The van der Waals surface area contributed by atoms with Crippen molar-refractivity contribution in [1.29, 1.82) is 0 Å². The number of ether oxygens (including phenoxy) is 1. The maximum atomic E-state index is 11.1. The number of hydrogen-bond donors (Lipinski definition) is 2. The lowest BCUT2D eigenvalue weighted by molar-refractivity contribution is -0.143. The number of nitrogens with one attached hydrogen (secondary N) is 1. The first kappa shape index (κ1) is 11.5. The highest BCUT2D eigenvalue weighted by molar-refractivity contribution is 5.82. The molecule has 1 aromatic rings. The van der Waals surface area contributed by atoms with E-state index in [-0.39, 0.29) is 6.61 Å². The van der Waals surface area contributed by atoms with Crippen LogP contribution in [0.4, 0.5) is 5.69 Å². The first-order chi connectivity index (χ1) is 7.08. The zero-order valence-corrected chi connectivity index (χ0v) is 8.86. The number of anilines is 1. The Hall–Kier alpha value is -1.55. The van der Waals surface area contributed by atoms with Gasteiger partial charge >= 0.3 is 5.97 Å². The highest BCUT2D eigenvalue weighted by Gasteiger charge is 2.32. The van der Waals surface area contributed by atoms with Gasteiger partial charge in [-0.2, -0.15) is 0 Å². The van der Waals surface area contributed by atoms with Crippen LogP contribution < -0.4 is 5.32 Å². The number of benzene rings is 1. The molecule has 0 saturated carbocycles. The zero-order valence-electron chi connectivity index (χ0n) is 8.86. The number of hydrogen-bond acceptors (Lipinski definition) is 3. The van der Waals surface area contributed by atoms with Gasteiger partial charge in [0, 0.05) is 12.8 Å². The average Bonchev–Trinajstić information content (AvgIpc) is 2.19. The summed E-state index contributed by atoms with van der Waals surface area (Å²) in [6.45, 7) is 1.70. The molecule has 82 valence electrons. The van der Waals surface area contributed by atoms with E-state index in [1.807, 2.05) is 30.3 Å². The Labute approximate surface area is 88.9 Å². The number of methoxy groups -OCH3 is 1. The molecule has 4 heteroatoms. The van der Waals surface area contributed by atoms with Crippen LogP contribution in [0.15, 0.2) is 30.3 Å². The molecular weight excluding hydrogens is 194 g/mol. The molecule has 0 radical (unpaired) electrons. The maximum Gasteiger partial charge on any atom is 0.331 e. The van der Waals surface area contributed by atoms with E-state index in [1.165, 1.54) is 7.11 Å². The first-order valence-electron chi connectivity index (χ1n) is 4.64. The van der Waals surface area contributed by atoms with Crippen molar-refractivity contribution in [1.82, 2.24) is 0 Å². The van der Waals surface area contributed by atoms with Crippen molar-refractivity contribution in [3.8, 4) is 0 Å². The van der Waals surface area contributed by atoms with E-state index >= 15 is 0 Å². The summed E-state index contributed by atoms with van der Waals surface area (Å²) in [5.74, 6) is -0.937. The van der Waals surface area contributed by atoms with Crippen LogP contribution in [-0.4, -0.2) is 30.3 Å². The second kappa shape index (κ2) is 4.79.